The van der Waals surface area contributed by atoms with Gasteiger partial charge in [-0.3, -0.25) is 14.9 Å². The number of aliphatic hydroxyl groups is 1. The van der Waals surface area contributed by atoms with E-state index in [1.165, 1.54) is 11.8 Å². The average molecular weight is 230 g/mol. The summed E-state index contributed by atoms with van der Waals surface area (Å²) < 4.78 is -0.507. The number of imide groups is 1. The molecule has 0 aromatic carbocycles. The Kier molecular flexibility index (Phi) is 2.99. The van der Waals surface area contributed by atoms with Crippen LogP contribution in [-0.4, -0.2) is 40.2 Å². The third-order valence-corrected chi connectivity index (χ3v) is 4.50. The lowest BCUT2D eigenvalue weighted by Gasteiger charge is -2.40. The number of carbonyl (C=O) groups excluding carboxylic acids is 2. The van der Waals surface area contributed by atoms with Crippen molar-refractivity contribution in [2.24, 2.45) is 0 Å². The first-order valence-electron chi connectivity index (χ1n) is 5.03. The molecule has 2 heterocycles. The maximum atomic E-state index is 11.8. The lowest BCUT2D eigenvalue weighted by atomic mass is 9.93. The van der Waals surface area contributed by atoms with E-state index in [0.29, 0.717) is 25.8 Å². The maximum Gasteiger partial charge on any atom is 0.242 e. The Bertz CT molecular complexity index is 297. The fourth-order valence-corrected chi connectivity index (χ4v) is 3.41. The number of carbonyl (C=O) groups is 2. The number of hydrogen-bond acceptors (Lipinski definition) is 5. The SMILES string of the molecule is O=C1CCC2(CCNC(CO)S2)C(=O)N1. The third-order valence-electron chi connectivity index (χ3n) is 2.86. The van der Waals surface area contributed by atoms with Gasteiger partial charge in [0.25, 0.3) is 0 Å². The van der Waals surface area contributed by atoms with Gasteiger partial charge in [-0.2, -0.15) is 0 Å². The zero-order chi connectivity index (χ0) is 10.9. The summed E-state index contributed by atoms with van der Waals surface area (Å²) in [5.74, 6) is -0.381. The number of rotatable bonds is 1. The van der Waals surface area contributed by atoms with Crippen molar-refractivity contribution in [3.63, 3.8) is 0 Å². The number of hydrogen-bond donors (Lipinski definition) is 3. The molecule has 2 fully saturated rings. The van der Waals surface area contributed by atoms with Gasteiger partial charge in [0.15, 0.2) is 0 Å². The molecule has 0 radical (unpaired) electrons. The molecule has 0 aliphatic carbocycles. The van der Waals surface area contributed by atoms with Crippen molar-refractivity contribution in [3.05, 3.63) is 0 Å². The summed E-state index contributed by atoms with van der Waals surface area (Å²) in [6.45, 7) is 0.716. The predicted octanol–water partition coefficient (Wildman–Crippen LogP) is -0.793. The average Bonchev–Trinajstić information content (AvgIpc) is 2.25. The molecule has 0 bridgehead atoms. The molecule has 1 spiro atoms. The first-order chi connectivity index (χ1) is 7.16. The Morgan fingerprint density at radius 3 is 2.93 bits per heavy atom. The second-order valence-electron chi connectivity index (χ2n) is 3.86. The molecule has 2 unspecified atom stereocenters. The number of amides is 2. The fraction of sp³-hybridized carbons (Fsp3) is 0.778. The smallest absolute Gasteiger partial charge is 0.242 e. The van der Waals surface area contributed by atoms with Crippen molar-refractivity contribution < 1.29 is 14.7 Å². The topological polar surface area (TPSA) is 78.4 Å². The van der Waals surface area contributed by atoms with Crippen LogP contribution in [0.4, 0.5) is 0 Å². The molecule has 84 valence electrons. The van der Waals surface area contributed by atoms with Gasteiger partial charge in [0, 0.05) is 6.42 Å². The summed E-state index contributed by atoms with van der Waals surface area (Å²) in [6, 6.07) is 0. The number of nitrogens with one attached hydrogen (secondary N) is 2. The molecule has 3 N–H and O–H groups in total. The van der Waals surface area contributed by atoms with Gasteiger partial charge in [-0.05, 0) is 19.4 Å². The minimum absolute atomic E-state index is 0.00758. The van der Waals surface area contributed by atoms with Gasteiger partial charge < -0.3 is 10.4 Å². The standard InChI is InChI=1S/C9H14N2O3S/c12-5-7-10-4-3-9(15-7)2-1-6(13)11-8(9)14/h7,10,12H,1-5H2,(H,11,13,14). The van der Waals surface area contributed by atoms with E-state index >= 15 is 0 Å². The third kappa shape index (κ3) is 2.02. The fourth-order valence-electron chi connectivity index (χ4n) is 1.99. The van der Waals surface area contributed by atoms with E-state index in [0.717, 1.165) is 0 Å². The van der Waals surface area contributed by atoms with Crippen molar-refractivity contribution in [2.45, 2.75) is 29.4 Å². The number of piperidine rings is 1. The molecule has 15 heavy (non-hydrogen) atoms. The molecule has 2 saturated heterocycles. The van der Waals surface area contributed by atoms with Crippen molar-refractivity contribution in [3.8, 4) is 0 Å². The van der Waals surface area contributed by atoms with E-state index in [4.69, 9.17) is 5.11 Å². The zero-order valence-corrected chi connectivity index (χ0v) is 9.10. The van der Waals surface area contributed by atoms with E-state index in [2.05, 4.69) is 10.6 Å². The summed E-state index contributed by atoms with van der Waals surface area (Å²) in [5.41, 5.74) is 0. The van der Waals surface area contributed by atoms with Gasteiger partial charge in [0.05, 0.1) is 16.7 Å². The van der Waals surface area contributed by atoms with Gasteiger partial charge in [0.1, 0.15) is 0 Å². The molecule has 2 aliphatic heterocycles. The normalized spacial score (nSPS) is 36.7. The molecule has 6 heteroatoms. The lowest BCUT2D eigenvalue weighted by Crippen LogP contribution is -2.57. The molecule has 0 aromatic rings. The Balaban J connectivity index is 2.11. The summed E-state index contributed by atoms with van der Waals surface area (Å²) in [5, 5.41) is 14.5. The van der Waals surface area contributed by atoms with Gasteiger partial charge in [0.2, 0.25) is 11.8 Å². The number of thioether (sulfide) groups is 1. The summed E-state index contributed by atoms with van der Waals surface area (Å²) in [6.07, 6.45) is 1.70. The summed E-state index contributed by atoms with van der Waals surface area (Å²) in [4.78, 5) is 22.8. The zero-order valence-electron chi connectivity index (χ0n) is 8.28. The summed E-state index contributed by atoms with van der Waals surface area (Å²) >= 11 is 1.44. The van der Waals surface area contributed by atoms with E-state index in [-0.39, 0.29) is 23.8 Å². The minimum Gasteiger partial charge on any atom is -0.394 e. The largest absolute Gasteiger partial charge is 0.394 e. The van der Waals surface area contributed by atoms with Crippen LogP contribution in [0.5, 0.6) is 0 Å². The quantitative estimate of drug-likeness (QED) is 0.514. The van der Waals surface area contributed by atoms with Crippen LogP contribution < -0.4 is 10.6 Å². The molecular weight excluding hydrogens is 216 g/mol. The van der Waals surface area contributed by atoms with Crippen LogP contribution in [0.3, 0.4) is 0 Å². The van der Waals surface area contributed by atoms with Crippen LogP contribution in [0.1, 0.15) is 19.3 Å². The first kappa shape index (κ1) is 10.9. The minimum atomic E-state index is -0.507. The molecule has 0 aromatic heterocycles. The van der Waals surface area contributed by atoms with Crippen LogP contribution in [0.15, 0.2) is 0 Å². The molecular formula is C9H14N2O3S. The van der Waals surface area contributed by atoms with Crippen LogP contribution >= 0.6 is 11.8 Å². The van der Waals surface area contributed by atoms with E-state index in [1.807, 2.05) is 0 Å². The Labute approximate surface area is 92.0 Å². The molecule has 2 atom stereocenters. The van der Waals surface area contributed by atoms with E-state index in [9.17, 15) is 9.59 Å². The highest BCUT2D eigenvalue weighted by molar-refractivity contribution is 8.02. The molecule has 0 saturated carbocycles. The van der Waals surface area contributed by atoms with Crippen molar-refractivity contribution >= 4 is 23.6 Å². The first-order valence-corrected chi connectivity index (χ1v) is 5.91. The van der Waals surface area contributed by atoms with Crippen LogP contribution in [0.2, 0.25) is 0 Å². The Morgan fingerprint density at radius 1 is 1.47 bits per heavy atom. The molecule has 5 nitrogen and oxygen atoms in total. The number of aliphatic hydroxyl groups excluding tert-OH is 1. The van der Waals surface area contributed by atoms with E-state index < -0.39 is 4.75 Å². The Morgan fingerprint density at radius 2 is 2.27 bits per heavy atom. The molecule has 2 amide bonds. The second-order valence-corrected chi connectivity index (χ2v) is 5.45. The summed E-state index contributed by atoms with van der Waals surface area (Å²) in [7, 11) is 0. The van der Waals surface area contributed by atoms with Crippen LogP contribution in [-0.2, 0) is 9.59 Å². The highest BCUT2D eigenvalue weighted by atomic mass is 32.2. The molecule has 2 rings (SSSR count). The monoisotopic (exact) mass is 230 g/mol. The highest BCUT2D eigenvalue weighted by Gasteiger charge is 2.46. The van der Waals surface area contributed by atoms with Crippen LogP contribution in [0, 0.1) is 0 Å². The lowest BCUT2D eigenvalue weighted by molar-refractivity contribution is -0.135. The molecule has 2 aliphatic rings. The van der Waals surface area contributed by atoms with Gasteiger partial charge in [-0.25, -0.2) is 0 Å². The van der Waals surface area contributed by atoms with Gasteiger partial charge in [-0.1, -0.05) is 0 Å². The van der Waals surface area contributed by atoms with Crippen LogP contribution in [0.25, 0.3) is 0 Å². The van der Waals surface area contributed by atoms with Crippen molar-refractivity contribution in [2.75, 3.05) is 13.2 Å². The second kappa shape index (κ2) is 4.11. The Hall–Kier alpha value is -0.590. The van der Waals surface area contributed by atoms with Crippen molar-refractivity contribution in [1.82, 2.24) is 10.6 Å². The van der Waals surface area contributed by atoms with E-state index in [1.54, 1.807) is 0 Å². The van der Waals surface area contributed by atoms with Gasteiger partial charge >= 0.3 is 0 Å². The van der Waals surface area contributed by atoms with Gasteiger partial charge in [-0.15, -0.1) is 11.8 Å². The predicted molar refractivity (Wildman–Crippen MR) is 56.2 cm³/mol. The van der Waals surface area contributed by atoms with Crippen molar-refractivity contribution in [1.29, 1.82) is 0 Å². The maximum absolute atomic E-state index is 11.8. The highest BCUT2D eigenvalue weighted by Crippen LogP contribution is 2.40.